The molecule has 2 N–H and O–H groups in total. The molecule has 0 spiro atoms. The van der Waals surface area contributed by atoms with Crippen LogP contribution in [-0.2, 0) is 14.8 Å². The van der Waals surface area contributed by atoms with Crippen LogP contribution in [0.3, 0.4) is 0 Å². The van der Waals surface area contributed by atoms with Crippen LogP contribution in [0.15, 0.2) is 11.2 Å². The molecule has 0 unspecified atom stereocenters. The molecule has 1 aliphatic rings. The molecule has 1 aliphatic heterocycles. The number of hydrogen-bond acceptors (Lipinski definition) is 5. The van der Waals surface area contributed by atoms with Gasteiger partial charge in [-0.1, -0.05) is 0 Å². The first-order valence-corrected chi connectivity index (χ1v) is 7.79. The van der Waals surface area contributed by atoms with Gasteiger partial charge in [0.1, 0.15) is 5.56 Å². The summed E-state index contributed by atoms with van der Waals surface area (Å²) in [5.74, 6) is -1.32. The lowest BCUT2D eigenvalue weighted by atomic mass is 10.1. The highest BCUT2D eigenvalue weighted by molar-refractivity contribution is 7.89. The van der Waals surface area contributed by atoms with E-state index in [4.69, 9.17) is 9.84 Å². The molecule has 1 aromatic rings. The first-order chi connectivity index (χ1) is 9.46. The molecule has 1 fully saturated rings. The summed E-state index contributed by atoms with van der Waals surface area (Å²) in [5, 5.41) is 14.4. The monoisotopic (exact) mass is 303 g/mol. The number of aromatic nitrogens is 2. The number of rotatable bonds is 5. The molecule has 0 aromatic carbocycles. The Labute approximate surface area is 116 Å². The van der Waals surface area contributed by atoms with E-state index in [1.54, 1.807) is 0 Å². The van der Waals surface area contributed by atoms with Crippen molar-refractivity contribution in [3.05, 3.63) is 11.8 Å². The Balaban J connectivity index is 2.16. The Morgan fingerprint density at radius 3 is 2.75 bits per heavy atom. The number of piperidine rings is 1. The number of aromatic amines is 1. The van der Waals surface area contributed by atoms with Gasteiger partial charge in [0, 0.05) is 19.7 Å². The number of hydrogen-bond donors (Lipinski definition) is 2. The largest absolute Gasteiger partial charge is 0.478 e. The average Bonchev–Trinajstić information content (AvgIpc) is 2.90. The van der Waals surface area contributed by atoms with Crippen molar-refractivity contribution in [2.75, 3.05) is 19.7 Å². The minimum absolute atomic E-state index is 0.0622. The lowest BCUT2D eigenvalue weighted by molar-refractivity contribution is 0.0289. The average molecular weight is 303 g/mol. The van der Waals surface area contributed by atoms with Crippen molar-refractivity contribution < 1.29 is 23.1 Å². The summed E-state index contributed by atoms with van der Waals surface area (Å²) >= 11 is 0. The van der Waals surface area contributed by atoms with Gasteiger partial charge in [-0.05, 0) is 19.8 Å². The van der Waals surface area contributed by atoms with Crippen LogP contribution in [0.1, 0.15) is 30.1 Å². The Hall–Kier alpha value is -1.45. The summed E-state index contributed by atoms with van der Waals surface area (Å²) < 4.78 is 31.5. The first kappa shape index (κ1) is 14.9. The van der Waals surface area contributed by atoms with Crippen LogP contribution in [0.5, 0.6) is 0 Å². The van der Waals surface area contributed by atoms with Crippen molar-refractivity contribution in [1.29, 1.82) is 0 Å². The third kappa shape index (κ3) is 2.84. The van der Waals surface area contributed by atoms with Gasteiger partial charge in [-0.3, -0.25) is 5.10 Å². The van der Waals surface area contributed by atoms with E-state index in [9.17, 15) is 13.2 Å². The van der Waals surface area contributed by atoms with Gasteiger partial charge in [0.05, 0.1) is 12.3 Å². The third-order valence-corrected chi connectivity index (χ3v) is 5.11. The zero-order chi connectivity index (χ0) is 14.8. The van der Waals surface area contributed by atoms with E-state index >= 15 is 0 Å². The van der Waals surface area contributed by atoms with E-state index in [2.05, 4.69) is 10.2 Å². The van der Waals surface area contributed by atoms with Crippen molar-refractivity contribution in [2.24, 2.45) is 0 Å². The van der Waals surface area contributed by atoms with E-state index in [0.717, 1.165) is 6.20 Å². The van der Waals surface area contributed by atoms with E-state index in [0.29, 0.717) is 32.5 Å². The molecule has 112 valence electrons. The lowest BCUT2D eigenvalue weighted by Crippen LogP contribution is -2.41. The maximum atomic E-state index is 12.4. The maximum Gasteiger partial charge on any atom is 0.340 e. The zero-order valence-corrected chi connectivity index (χ0v) is 11.9. The second kappa shape index (κ2) is 5.90. The van der Waals surface area contributed by atoms with Crippen molar-refractivity contribution in [2.45, 2.75) is 30.9 Å². The Morgan fingerprint density at radius 2 is 2.20 bits per heavy atom. The third-order valence-electron chi connectivity index (χ3n) is 3.24. The number of nitrogens with one attached hydrogen (secondary N) is 1. The van der Waals surface area contributed by atoms with Gasteiger partial charge in [-0.2, -0.15) is 9.40 Å². The number of nitrogens with zero attached hydrogens (tertiary/aromatic N) is 2. The summed E-state index contributed by atoms with van der Waals surface area (Å²) in [6.07, 6.45) is 2.27. The van der Waals surface area contributed by atoms with Crippen molar-refractivity contribution >= 4 is 16.0 Å². The fourth-order valence-corrected chi connectivity index (χ4v) is 3.76. The minimum atomic E-state index is -3.85. The summed E-state index contributed by atoms with van der Waals surface area (Å²) in [6.45, 7) is 3.12. The Bertz CT molecular complexity index is 575. The number of carboxylic acids is 1. The minimum Gasteiger partial charge on any atom is -0.478 e. The molecule has 1 aromatic heterocycles. The van der Waals surface area contributed by atoms with Crippen LogP contribution in [0, 0.1) is 0 Å². The SMILES string of the molecule is CCOC1CCN(S(=O)(=O)c2[nH]ncc2C(=O)O)CC1. The molecule has 0 amide bonds. The van der Waals surface area contributed by atoms with E-state index in [1.807, 2.05) is 6.92 Å². The summed E-state index contributed by atoms with van der Waals surface area (Å²) in [7, 11) is -3.85. The molecule has 0 aliphatic carbocycles. The predicted octanol–water partition coefficient (Wildman–Crippen LogP) is 0.298. The van der Waals surface area contributed by atoms with Crippen LogP contribution in [0.25, 0.3) is 0 Å². The molecule has 20 heavy (non-hydrogen) atoms. The second-order valence-electron chi connectivity index (χ2n) is 4.48. The second-order valence-corrected chi connectivity index (χ2v) is 6.35. The van der Waals surface area contributed by atoms with Gasteiger partial charge in [0.2, 0.25) is 0 Å². The van der Waals surface area contributed by atoms with Gasteiger partial charge in [-0.15, -0.1) is 0 Å². The van der Waals surface area contributed by atoms with Crippen LogP contribution < -0.4 is 0 Å². The molecule has 9 heteroatoms. The number of carboxylic acid groups (broad SMARTS) is 1. The Morgan fingerprint density at radius 1 is 1.55 bits per heavy atom. The van der Waals surface area contributed by atoms with Gasteiger partial charge >= 0.3 is 5.97 Å². The predicted molar refractivity (Wildman–Crippen MR) is 69.0 cm³/mol. The van der Waals surface area contributed by atoms with E-state index < -0.39 is 16.0 Å². The van der Waals surface area contributed by atoms with E-state index in [1.165, 1.54) is 4.31 Å². The number of sulfonamides is 1. The summed E-state index contributed by atoms with van der Waals surface area (Å²) in [4.78, 5) is 11.0. The highest BCUT2D eigenvalue weighted by atomic mass is 32.2. The highest BCUT2D eigenvalue weighted by Gasteiger charge is 2.33. The molecule has 1 saturated heterocycles. The molecule has 2 rings (SSSR count). The lowest BCUT2D eigenvalue weighted by Gasteiger charge is -2.30. The van der Waals surface area contributed by atoms with E-state index in [-0.39, 0.29) is 16.7 Å². The normalized spacial score (nSPS) is 18.2. The highest BCUT2D eigenvalue weighted by Crippen LogP contribution is 2.22. The first-order valence-electron chi connectivity index (χ1n) is 6.35. The molecule has 0 saturated carbocycles. The molecule has 0 radical (unpaired) electrons. The van der Waals surface area contributed by atoms with Gasteiger partial charge in [-0.25, -0.2) is 13.2 Å². The smallest absolute Gasteiger partial charge is 0.340 e. The standard InChI is InChI=1S/C11H17N3O5S/c1-2-19-8-3-5-14(6-4-8)20(17,18)10-9(11(15)16)7-12-13-10/h7-8H,2-6H2,1H3,(H,12,13)(H,15,16). The number of H-pyrrole nitrogens is 1. The van der Waals surface area contributed by atoms with Crippen molar-refractivity contribution in [3.8, 4) is 0 Å². The van der Waals surface area contributed by atoms with Crippen LogP contribution in [0.2, 0.25) is 0 Å². The van der Waals surface area contributed by atoms with Crippen molar-refractivity contribution in [3.63, 3.8) is 0 Å². The van der Waals surface area contributed by atoms with Gasteiger partial charge in [0.25, 0.3) is 10.0 Å². The zero-order valence-electron chi connectivity index (χ0n) is 11.1. The molecular formula is C11H17N3O5S. The molecular weight excluding hydrogens is 286 g/mol. The maximum absolute atomic E-state index is 12.4. The number of ether oxygens (including phenoxy) is 1. The fraction of sp³-hybridized carbons (Fsp3) is 0.636. The Kier molecular flexibility index (Phi) is 4.41. The number of carbonyl (C=O) groups is 1. The summed E-state index contributed by atoms with van der Waals surface area (Å²) in [5.41, 5.74) is -0.336. The van der Waals surface area contributed by atoms with Gasteiger partial charge < -0.3 is 9.84 Å². The molecule has 8 nitrogen and oxygen atoms in total. The summed E-state index contributed by atoms with van der Waals surface area (Å²) in [6, 6.07) is 0. The molecule has 0 bridgehead atoms. The molecule has 2 heterocycles. The molecule has 0 atom stereocenters. The van der Waals surface area contributed by atoms with Crippen molar-refractivity contribution in [1.82, 2.24) is 14.5 Å². The fourth-order valence-electron chi connectivity index (χ4n) is 2.23. The number of aromatic carboxylic acids is 1. The quantitative estimate of drug-likeness (QED) is 0.809. The topological polar surface area (TPSA) is 113 Å². The van der Waals surface area contributed by atoms with Crippen LogP contribution in [0.4, 0.5) is 0 Å². The van der Waals surface area contributed by atoms with Gasteiger partial charge in [0.15, 0.2) is 5.03 Å². The van der Waals surface area contributed by atoms with Crippen LogP contribution >= 0.6 is 0 Å². The van der Waals surface area contributed by atoms with Crippen LogP contribution in [-0.4, -0.2) is 59.8 Å².